The van der Waals surface area contributed by atoms with Gasteiger partial charge in [-0.3, -0.25) is 4.79 Å². The summed E-state index contributed by atoms with van der Waals surface area (Å²) in [6.07, 6.45) is 8.85. The molecule has 1 unspecified atom stereocenters. The van der Waals surface area contributed by atoms with Crippen molar-refractivity contribution in [2.75, 3.05) is 0 Å². The predicted octanol–water partition coefficient (Wildman–Crippen LogP) is 4.99. The fraction of sp³-hybridized carbons (Fsp3) is 0.737. The molecule has 2 nitrogen and oxygen atoms in total. The third kappa shape index (κ3) is 3.48. The Balaban J connectivity index is 2.34. The van der Waals surface area contributed by atoms with Crippen LogP contribution in [0, 0.1) is 5.41 Å². The number of fused-ring (bicyclic) bond motifs is 1. The van der Waals surface area contributed by atoms with E-state index in [0.717, 1.165) is 44.1 Å². The minimum atomic E-state index is -0.126. The number of carbonyl (C=O) groups is 1. The number of ketones is 1. The molecule has 2 aliphatic carbocycles. The van der Waals surface area contributed by atoms with E-state index >= 15 is 0 Å². The molecule has 2 heteroatoms. The summed E-state index contributed by atoms with van der Waals surface area (Å²) in [4.78, 5) is 12.4. The second kappa shape index (κ2) is 6.08. The molecular weight excluding hydrogens is 260 g/mol. The Hall–Kier alpha value is -0.890. The van der Waals surface area contributed by atoms with Gasteiger partial charge < -0.3 is 4.74 Å². The highest BCUT2D eigenvalue weighted by Crippen LogP contribution is 2.51. The van der Waals surface area contributed by atoms with Crippen LogP contribution in [0.5, 0.6) is 0 Å². The van der Waals surface area contributed by atoms with Crippen LogP contribution in [0.25, 0.3) is 0 Å². The molecule has 0 saturated heterocycles. The van der Waals surface area contributed by atoms with Crippen LogP contribution in [0.1, 0.15) is 72.6 Å². The van der Waals surface area contributed by atoms with Crippen LogP contribution in [0.3, 0.4) is 0 Å². The molecule has 118 valence electrons. The van der Waals surface area contributed by atoms with E-state index in [1.807, 2.05) is 6.08 Å². The van der Waals surface area contributed by atoms with Gasteiger partial charge in [0.25, 0.3) is 0 Å². The van der Waals surface area contributed by atoms with E-state index in [1.54, 1.807) is 0 Å². The van der Waals surface area contributed by atoms with Gasteiger partial charge in [0.1, 0.15) is 0 Å². The quantitative estimate of drug-likeness (QED) is 0.682. The lowest BCUT2D eigenvalue weighted by Gasteiger charge is -2.48. The number of ether oxygens (including phenoxy) is 1. The van der Waals surface area contributed by atoms with Crippen LogP contribution >= 0.6 is 0 Å². The summed E-state index contributed by atoms with van der Waals surface area (Å²) in [5, 5.41) is 0. The van der Waals surface area contributed by atoms with Gasteiger partial charge in [-0.25, -0.2) is 0 Å². The predicted molar refractivity (Wildman–Crippen MR) is 87.3 cm³/mol. The lowest BCUT2D eigenvalue weighted by Crippen LogP contribution is -2.46. The number of hydrogen-bond acceptors (Lipinski definition) is 2. The molecular formula is C19H30O2. The molecule has 1 fully saturated rings. The summed E-state index contributed by atoms with van der Waals surface area (Å²) in [5.41, 5.74) is 2.40. The van der Waals surface area contributed by atoms with Crippen LogP contribution in [-0.4, -0.2) is 17.5 Å². The Labute approximate surface area is 129 Å². The fourth-order valence-electron chi connectivity index (χ4n) is 3.91. The summed E-state index contributed by atoms with van der Waals surface area (Å²) >= 11 is 0. The van der Waals surface area contributed by atoms with E-state index in [9.17, 15) is 4.79 Å². The van der Waals surface area contributed by atoms with E-state index in [2.05, 4.69) is 34.3 Å². The SMILES string of the molecule is C=CCCC1=C2CCCC(OC(C)(C)C)[C@@]2(C)CCC1=O. The van der Waals surface area contributed by atoms with Crippen molar-refractivity contribution in [3.05, 3.63) is 23.8 Å². The summed E-state index contributed by atoms with van der Waals surface area (Å²) in [7, 11) is 0. The normalized spacial score (nSPS) is 30.3. The Morgan fingerprint density at radius 1 is 1.38 bits per heavy atom. The van der Waals surface area contributed by atoms with Crippen molar-refractivity contribution in [2.45, 2.75) is 84.3 Å². The zero-order valence-corrected chi connectivity index (χ0v) is 14.1. The molecule has 1 saturated carbocycles. The first-order valence-electron chi connectivity index (χ1n) is 8.32. The van der Waals surface area contributed by atoms with Crippen LogP contribution in [0.2, 0.25) is 0 Å². The van der Waals surface area contributed by atoms with Crippen LogP contribution in [-0.2, 0) is 9.53 Å². The minimum absolute atomic E-state index is 0.0515. The summed E-state index contributed by atoms with van der Waals surface area (Å²) < 4.78 is 6.37. The van der Waals surface area contributed by atoms with Crippen molar-refractivity contribution in [1.82, 2.24) is 0 Å². The Bertz CT molecular complexity index is 453. The molecule has 21 heavy (non-hydrogen) atoms. The Morgan fingerprint density at radius 2 is 2.10 bits per heavy atom. The first kappa shape index (κ1) is 16.5. The van der Waals surface area contributed by atoms with E-state index in [1.165, 1.54) is 5.57 Å². The number of allylic oxidation sites excluding steroid dienone is 2. The number of Topliss-reactive ketones (excluding diaryl/α,β-unsaturated/α-hetero) is 1. The van der Waals surface area contributed by atoms with Crippen molar-refractivity contribution in [2.24, 2.45) is 5.41 Å². The van der Waals surface area contributed by atoms with Gasteiger partial charge in [-0.05, 0) is 64.9 Å². The number of rotatable bonds is 4. The highest BCUT2D eigenvalue weighted by molar-refractivity contribution is 5.97. The molecule has 0 aromatic carbocycles. The lowest BCUT2D eigenvalue weighted by atomic mass is 9.61. The molecule has 0 aromatic heterocycles. The zero-order chi connectivity index (χ0) is 15.7. The molecule has 0 heterocycles. The van der Waals surface area contributed by atoms with Gasteiger partial charge in [-0.2, -0.15) is 0 Å². The molecule has 2 rings (SSSR count). The van der Waals surface area contributed by atoms with Crippen LogP contribution in [0.4, 0.5) is 0 Å². The van der Waals surface area contributed by atoms with Crippen LogP contribution < -0.4 is 0 Å². The number of hydrogen-bond donors (Lipinski definition) is 0. The molecule has 2 aliphatic rings. The third-order valence-corrected chi connectivity index (χ3v) is 4.96. The molecule has 0 N–H and O–H groups in total. The highest BCUT2D eigenvalue weighted by Gasteiger charge is 2.46. The maximum atomic E-state index is 12.4. The van der Waals surface area contributed by atoms with Gasteiger partial charge >= 0.3 is 0 Å². The first-order chi connectivity index (χ1) is 9.78. The average molecular weight is 290 g/mol. The molecule has 0 amide bonds. The second-order valence-electron chi connectivity index (χ2n) is 7.74. The number of carbonyl (C=O) groups excluding carboxylic acids is 1. The highest BCUT2D eigenvalue weighted by atomic mass is 16.5. The fourth-order valence-corrected chi connectivity index (χ4v) is 3.91. The van der Waals surface area contributed by atoms with Crippen molar-refractivity contribution in [3.63, 3.8) is 0 Å². The zero-order valence-electron chi connectivity index (χ0n) is 14.1. The summed E-state index contributed by atoms with van der Waals surface area (Å²) in [5.74, 6) is 0.362. The monoisotopic (exact) mass is 290 g/mol. The van der Waals surface area contributed by atoms with Crippen molar-refractivity contribution in [1.29, 1.82) is 0 Å². The Kier molecular flexibility index (Phi) is 4.77. The van der Waals surface area contributed by atoms with Crippen molar-refractivity contribution >= 4 is 5.78 Å². The standard InChI is InChI=1S/C19H30O2/c1-6-7-9-14-15-10-8-11-17(21-18(2,3)4)19(15,5)13-12-16(14)20/h6,17H,1,7-13H2,2-5H3/t17?,19-/m0/s1. The molecule has 0 aliphatic heterocycles. The molecule has 0 aromatic rings. The van der Waals surface area contributed by atoms with Crippen LogP contribution in [0.15, 0.2) is 23.8 Å². The molecule has 2 atom stereocenters. The van der Waals surface area contributed by atoms with Crippen molar-refractivity contribution < 1.29 is 9.53 Å². The van der Waals surface area contributed by atoms with Gasteiger partial charge in [0.15, 0.2) is 5.78 Å². The third-order valence-electron chi connectivity index (χ3n) is 4.96. The van der Waals surface area contributed by atoms with Gasteiger partial charge in [0.05, 0.1) is 11.7 Å². The molecule has 0 radical (unpaired) electrons. The molecule has 0 spiro atoms. The topological polar surface area (TPSA) is 26.3 Å². The second-order valence-corrected chi connectivity index (χ2v) is 7.74. The van der Waals surface area contributed by atoms with E-state index in [4.69, 9.17) is 4.74 Å². The first-order valence-corrected chi connectivity index (χ1v) is 8.32. The van der Waals surface area contributed by atoms with E-state index < -0.39 is 0 Å². The maximum Gasteiger partial charge on any atom is 0.158 e. The Morgan fingerprint density at radius 3 is 2.71 bits per heavy atom. The van der Waals surface area contributed by atoms with Gasteiger partial charge in [-0.15, -0.1) is 6.58 Å². The van der Waals surface area contributed by atoms with Gasteiger partial charge in [0, 0.05) is 11.8 Å². The summed E-state index contributed by atoms with van der Waals surface area (Å²) in [6.45, 7) is 12.5. The van der Waals surface area contributed by atoms with E-state index in [0.29, 0.717) is 12.2 Å². The minimum Gasteiger partial charge on any atom is -0.372 e. The molecule has 0 bridgehead atoms. The van der Waals surface area contributed by atoms with E-state index in [-0.39, 0.29) is 17.1 Å². The van der Waals surface area contributed by atoms with Gasteiger partial charge in [0.2, 0.25) is 0 Å². The maximum absolute atomic E-state index is 12.4. The average Bonchev–Trinajstić information content (AvgIpc) is 2.38. The largest absolute Gasteiger partial charge is 0.372 e. The van der Waals surface area contributed by atoms with Gasteiger partial charge in [-0.1, -0.05) is 18.6 Å². The summed E-state index contributed by atoms with van der Waals surface area (Å²) in [6, 6.07) is 0. The lowest BCUT2D eigenvalue weighted by molar-refractivity contribution is -0.128. The van der Waals surface area contributed by atoms with Crippen molar-refractivity contribution in [3.8, 4) is 0 Å². The smallest absolute Gasteiger partial charge is 0.158 e.